The minimum absolute atomic E-state index is 0.0510. The Kier molecular flexibility index (Phi) is 6.86. The first-order chi connectivity index (χ1) is 11.9. The molecule has 0 radical (unpaired) electrons. The normalized spacial score (nSPS) is 11.4. The van der Waals surface area contributed by atoms with Crippen molar-refractivity contribution in [3.8, 4) is 23.3 Å². The highest BCUT2D eigenvalue weighted by Gasteiger charge is 2.03. The molecule has 130 valence electrons. The molecule has 25 heavy (non-hydrogen) atoms. The fraction of sp³-hybridized carbons (Fsp3) is 0.304. The summed E-state index contributed by atoms with van der Waals surface area (Å²) < 4.78 is 5.89. The predicted octanol–water partition coefficient (Wildman–Crippen LogP) is 5.52. The third-order valence-electron chi connectivity index (χ3n) is 3.40. The topological polar surface area (TPSA) is 12.5 Å². The molecule has 2 heteroatoms. The number of rotatable bonds is 6. The molecule has 2 rings (SSSR count). The molecular formula is C23H27NO. The van der Waals surface area contributed by atoms with Crippen molar-refractivity contribution in [1.82, 2.24) is 4.90 Å². The smallest absolute Gasteiger partial charge is 0.127 e. The molecule has 0 saturated heterocycles. The van der Waals surface area contributed by atoms with Crippen molar-refractivity contribution in [2.45, 2.75) is 27.3 Å². The van der Waals surface area contributed by atoms with E-state index in [9.17, 15) is 0 Å². The Morgan fingerprint density at radius 2 is 1.72 bits per heavy atom. The van der Waals surface area contributed by atoms with Gasteiger partial charge in [0.1, 0.15) is 11.5 Å². The van der Waals surface area contributed by atoms with E-state index < -0.39 is 0 Å². The van der Waals surface area contributed by atoms with Gasteiger partial charge in [0.15, 0.2) is 0 Å². The maximum Gasteiger partial charge on any atom is 0.127 e. The maximum atomic E-state index is 5.89. The van der Waals surface area contributed by atoms with Crippen LogP contribution in [-0.2, 0) is 6.54 Å². The molecule has 0 unspecified atom stereocenters. The molecule has 0 amide bonds. The standard InChI is InChI=1S/C23H27NO/c1-23(2,3)16-9-6-10-17-24(4)19-20-12-11-15-22(18-20)25-21-13-7-5-8-14-21/h5-8,10-15,18H,17,19H2,1-4H3/b10-6-. The van der Waals surface area contributed by atoms with Crippen LogP contribution in [0.1, 0.15) is 26.3 Å². The Labute approximate surface area is 152 Å². The van der Waals surface area contributed by atoms with Crippen molar-refractivity contribution in [2.24, 2.45) is 5.41 Å². The average molecular weight is 333 g/mol. The van der Waals surface area contributed by atoms with Crippen molar-refractivity contribution in [2.75, 3.05) is 13.6 Å². The van der Waals surface area contributed by atoms with Crippen LogP contribution in [0.5, 0.6) is 11.5 Å². The molecule has 2 aromatic carbocycles. The Morgan fingerprint density at radius 3 is 2.44 bits per heavy atom. The summed E-state index contributed by atoms with van der Waals surface area (Å²) in [5, 5.41) is 0. The van der Waals surface area contributed by atoms with Gasteiger partial charge in [-0.25, -0.2) is 0 Å². The molecule has 0 aliphatic carbocycles. The second-order valence-electron chi connectivity index (χ2n) is 7.18. The number of likely N-dealkylation sites (N-methyl/N-ethyl adjacent to an activating group) is 1. The molecule has 0 aliphatic heterocycles. The lowest BCUT2D eigenvalue weighted by molar-refractivity contribution is 0.362. The van der Waals surface area contributed by atoms with Crippen molar-refractivity contribution in [1.29, 1.82) is 0 Å². The van der Waals surface area contributed by atoms with Gasteiger partial charge in [-0.3, -0.25) is 4.90 Å². The number of benzene rings is 2. The van der Waals surface area contributed by atoms with Gasteiger partial charge in [-0.15, -0.1) is 0 Å². The quantitative estimate of drug-likeness (QED) is 0.646. The highest BCUT2D eigenvalue weighted by Crippen LogP contribution is 2.22. The van der Waals surface area contributed by atoms with Crippen LogP contribution in [0.2, 0.25) is 0 Å². The Bertz CT molecular complexity index is 745. The Hall–Kier alpha value is -2.50. The summed E-state index contributed by atoms with van der Waals surface area (Å²) >= 11 is 0. The zero-order valence-electron chi connectivity index (χ0n) is 15.6. The molecular weight excluding hydrogens is 306 g/mol. The first kappa shape index (κ1) is 18.8. The van der Waals surface area contributed by atoms with Gasteiger partial charge in [-0.1, -0.05) is 48.2 Å². The molecule has 0 N–H and O–H groups in total. The summed E-state index contributed by atoms with van der Waals surface area (Å²) in [5.41, 5.74) is 1.28. The molecule has 0 heterocycles. The number of hydrogen-bond acceptors (Lipinski definition) is 2. The summed E-state index contributed by atoms with van der Waals surface area (Å²) in [7, 11) is 2.10. The van der Waals surface area contributed by atoms with Crippen LogP contribution in [0.25, 0.3) is 0 Å². The lowest BCUT2D eigenvalue weighted by atomic mass is 9.98. The van der Waals surface area contributed by atoms with Gasteiger partial charge in [0.2, 0.25) is 0 Å². The van der Waals surface area contributed by atoms with Gasteiger partial charge >= 0.3 is 0 Å². The average Bonchev–Trinajstić information content (AvgIpc) is 2.55. The Morgan fingerprint density at radius 1 is 1.00 bits per heavy atom. The van der Waals surface area contributed by atoms with Gasteiger partial charge in [0, 0.05) is 18.5 Å². The highest BCUT2D eigenvalue weighted by molar-refractivity contribution is 5.33. The van der Waals surface area contributed by atoms with Gasteiger partial charge in [0.25, 0.3) is 0 Å². The second-order valence-corrected chi connectivity index (χ2v) is 7.18. The van der Waals surface area contributed by atoms with E-state index in [1.807, 2.05) is 48.5 Å². The Balaban J connectivity index is 1.88. The van der Waals surface area contributed by atoms with E-state index in [-0.39, 0.29) is 5.41 Å². The molecule has 0 bridgehead atoms. The molecule has 0 spiro atoms. The summed E-state index contributed by atoms with van der Waals surface area (Å²) in [4.78, 5) is 2.25. The molecule has 0 saturated carbocycles. The molecule has 0 atom stereocenters. The number of nitrogens with zero attached hydrogens (tertiary/aromatic N) is 1. The van der Waals surface area contributed by atoms with E-state index in [4.69, 9.17) is 4.74 Å². The van der Waals surface area contributed by atoms with Crippen LogP contribution in [0.15, 0.2) is 66.7 Å². The minimum Gasteiger partial charge on any atom is -0.457 e. The molecule has 2 aromatic rings. The van der Waals surface area contributed by atoms with Crippen LogP contribution in [0.4, 0.5) is 0 Å². The number of hydrogen-bond donors (Lipinski definition) is 0. The zero-order chi connectivity index (χ0) is 18.1. The summed E-state index contributed by atoms with van der Waals surface area (Å²) in [6, 6.07) is 18.1. The minimum atomic E-state index is 0.0510. The summed E-state index contributed by atoms with van der Waals surface area (Å²) in [6.45, 7) is 8.07. The predicted molar refractivity (Wildman–Crippen MR) is 106 cm³/mol. The van der Waals surface area contributed by atoms with Crippen LogP contribution < -0.4 is 4.74 Å². The largest absolute Gasteiger partial charge is 0.457 e. The third-order valence-corrected chi connectivity index (χ3v) is 3.40. The van der Waals surface area contributed by atoms with E-state index in [2.05, 4.69) is 62.8 Å². The monoisotopic (exact) mass is 333 g/mol. The van der Waals surface area contributed by atoms with Crippen LogP contribution in [-0.4, -0.2) is 18.5 Å². The van der Waals surface area contributed by atoms with Crippen molar-refractivity contribution in [3.63, 3.8) is 0 Å². The molecule has 0 aromatic heterocycles. The molecule has 0 fully saturated rings. The van der Waals surface area contributed by atoms with Crippen LogP contribution >= 0.6 is 0 Å². The van der Waals surface area contributed by atoms with E-state index in [0.717, 1.165) is 24.6 Å². The summed E-state index contributed by atoms with van der Waals surface area (Å²) in [6.07, 6.45) is 4.04. The number of allylic oxidation sites excluding steroid dienone is 1. The SMILES string of the molecule is CN(C/C=C\C#CC(C)(C)C)Cc1cccc(Oc2ccccc2)c1. The molecule has 0 aliphatic rings. The van der Waals surface area contributed by atoms with Crippen LogP contribution in [0.3, 0.4) is 0 Å². The van der Waals surface area contributed by atoms with Crippen LogP contribution in [0, 0.1) is 17.3 Å². The van der Waals surface area contributed by atoms with Crippen molar-refractivity contribution >= 4 is 0 Å². The first-order valence-corrected chi connectivity index (χ1v) is 8.60. The fourth-order valence-corrected chi connectivity index (χ4v) is 2.26. The zero-order valence-corrected chi connectivity index (χ0v) is 15.6. The fourth-order valence-electron chi connectivity index (χ4n) is 2.26. The van der Waals surface area contributed by atoms with E-state index >= 15 is 0 Å². The summed E-state index contributed by atoms with van der Waals surface area (Å²) in [5.74, 6) is 8.03. The third kappa shape index (κ3) is 7.74. The number of ether oxygens (including phenoxy) is 1. The lowest BCUT2D eigenvalue weighted by Gasteiger charge is -2.15. The van der Waals surface area contributed by atoms with Crippen molar-refractivity contribution < 1.29 is 4.74 Å². The van der Waals surface area contributed by atoms with Gasteiger partial charge in [-0.05, 0) is 63.7 Å². The lowest BCUT2D eigenvalue weighted by Crippen LogP contribution is -2.17. The van der Waals surface area contributed by atoms with Crippen molar-refractivity contribution in [3.05, 3.63) is 72.3 Å². The number of para-hydroxylation sites is 1. The second kappa shape index (κ2) is 9.11. The van der Waals surface area contributed by atoms with E-state index in [1.54, 1.807) is 0 Å². The van der Waals surface area contributed by atoms with Gasteiger partial charge in [-0.2, -0.15) is 0 Å². The maximum absolute atomic E-state index is 5.89. The highest BCUT2D eigenvalue weighted by atomic mass is 16.5. The van der Waals surface area contributed by atoms with E-state index in [1.165, 1.54) is 5.56 Å². The van der Waals surface area contributed by atoms with Gasteiger partial charge < -0.3 is 4.74 Å². The van der Waals surface area contributed by atoms with Gasteiger partial charge in [0.05, 0.1) is 0 Å². The molecule has 2 nitrogen and oxygen atoms in total. The first-order valence-electron chi connectivity index (χ1n) is 8.60. The van der Waals surface area contributed by atoms with E-state index in [0.29, 0.717) is 0 Å².